The predicted octanol–water partition coefficient (Wildman–Crippen LogP) is 3.51. The largest absolute Gasteiger partial charge is 0.382 e. The van der Waals surface area contributed by atoms with Crippen LogP contribution < -0.4 is 5.32 Å². The SMILES string of the molecule is CCOCCCC1(CNC2CC2)CCCCC1. The summed E-state index contributed by atoms with van der Waals surface area (Å²) in [5.74, 6) is 0. The van der Waals surface area contributed by atoms with Gasteiger partial charge in [0.1, 0.15) is 0 Å². The van der Waals surface area contributed by atoms with Crippen LogP contribution in [0.1, 0.15) is 64.7 Å². The molecule has 0 aromatic rings. The maximum Gasteiger partial charge on any atom is 0.0466 e. The van der Waals surface area contributed by atoms with E-state index in [1.807, 2.05) is 0 Å². The summed E-state index contributed by atoms with van der Waals surface area (Å²) in [7, 11) is 0. The van der Waals surface area contributed by atoms with Gasteiger partial charge >= 0.3 is 0 Å². The van der Waals surface area contributed by atoms with Crippen molar-refractivity contribution < 1.29 is 4.74 Å². The number of hydrogen-bond donors (Lipinski definition) is 1. The monoisotopic (exact) mass is 239 g/mol. The van der Waals surface area contributed by atoms with Gasteiger partial charge in [-0.3, -0.25) is 0 Å². The zero-order chi connectivity index (χ0) is 12.0. The minimum atomic E-state index is 0.609. The Kier molecular flexibility index (Phi) is 5.30. The van der Waals surface area contributed by atoms with E-state index in [1.165, 1.54) is 64.3 Å². The van der Waals surface area contributed by atoms with E-state index in [0.717, 1.165) is 19.3 Å². The van der Waals surface area contributed by atoms with Crippen molar-refractivity contribution >= 4 is 0 Å². The standard InChI is InChI=1S/C15H29NO/c1-2-17-12-6-11-15(9-4-3-5-10-15)13-16-14-7-8-14/h14,16H,2-13H2,1H3. The maximum absolute atomic E-state index is 5.49. The molecule has 2 saturated carbocycles. The van der Waals surface area contributed by atoms with Crippen LogP contribution >= 0.6 is 0 Å². The van der Waals surface area contributed by atoms with Crippen molar-refractivity contribution in [3.05, 3.63) is 0 Å². The lowest BCUT2D eigenvalue weighted by atomic mass is 9.71. The Morgan fingerprint density at radius 1 is 1.18 bits per heavy atom. The fourth-order valence-electron chi connectivity index (χ4n) is 3.16. The third kappa shape index (κ3) is 4.59. The lowest BCUT2D eigenvalue weighted by Gasteiger charge is -2.38. The molecule has 0 heterocycles. The van der Waals surface area contributed by atoms with Gasteiger partial charge < -0.3 is 10.1 Å². The molecule has 17 heavy (non-hydrogen) atoms. The molecule has 2 nitrogen and oxygen atoms in total. The molecule has 0 bridgehead atoms. The summed E-state index contributed by atoms with van der Waals surface area (Å²) < 4.78 is 5.49. The first-order valence-electron chi connectivity index (χ1n) is 7.66. The normalized spacial score (nSPS) is 23.8. The van der Waals surface area contributed by atoms with Crippen LogP contribution in [-0.4, -0.2) is 25.8 Å². The van der Waals surface area contributed by atoms with Crippen molar-refractivity contribution in [2.75, 3.05) is 19.8 Å². The Balaban J connectivity index is 1.73. The van der Waals surface area contributed by atoms with Crippen LogP contribution in [-0.2, 0) is 4.74 Å². The van der Waals surface area contributed by atoms with Crippen molar-refractivity contribution in [3.63, 3.8) is 0 Å². The Labute approximate surface area is 107 Å². The van der Waals surface area contributed by atoms with E-state index in [0.29, 0.717) is 5.41 Å². The van der Waals surface area contributed by atoms with Crippen molar-refractivity contribution in [3.8, 4) is 0 Å². The Morgan fingerprint density at radius 3 is 2.59 bits per heavy atom. The molecule has 100 valence electrons. The first-order valence-corrected chi connectivity index (χ1v) is 7.66. The summed E-state index contributed by atoms with van der Waals surface area (Å²) in [6, 6.07) is 0.862. The van der Waals surface area contributed by atoms with E-state index < -0.39 is 0 Å². The van der Waals surface area contributed by atoms with E-state index in [1.54, 1.807) is 0 Å². The first-order chi connectivity index (χ1) is 8.35. The van der Waals surface area contributed by atoms with Crippen LogP contribution in [0.3, 0.4) is 0 Å². The summed E-state index contributed by atoms with van der Waals surface area (Å²) >= 11 is 0. The average Bonchev–Trinajstić information content (AvgIpc) is 3.18. The number of nitrogens with one attached hydrogen (secondary N) is 1. The summed E-state index contributed by atoms with van der Waals surface area (Å²) in [6.07, 6.45) is 12.7. The third-order valence-electron chi connectivity index (χ3n) is 4.46. The number of rotatable bonds is 8. The van der Waals surface area contributed by atoms with Crippen LogP contribution in [0.5, 0.6) is 0 Å². The highest BCUT2D eigenvalue weighted by Gasteiger charge is 2.33. The fourth-order valence-corrected chi connectivity index (χ4v) is 3.16. The molecule has 1 N–H and O–H groups in total. The first kappa shape index (κ1) is 13.4. The second kappa shape index (κ2) is 6.75. The Bertz CT molecular complexity index is 207. The molecule has 2 aliphatic carbocycles. The lowest BCUT2D eigenvalue weighted by molar-refractivity contribution is 0.109. The van der Waals surface area contributed by atoms with E-state index in [4.69, 9.17) is 4.74 Å². The second-order valence-corrected chi connectivity index (χ2v) is 6.02. The quantitative estimate of drug-likeness (QED) is 0.655. The molecule has 2 rings (SSSR count). The van der Waals surface area contributed by atoms with Gasteiger partial charge in [-0.05, 0) is 50.9 Å². The Morgan fingerprint density at radius 2 is 1.94 bits per heavy atom. The minimum absolute atomic E-state index is 0.609. The fraction of sp³-hybridized carbons (Fsp3) is 1.00. The molecule has 2 fully saturated rings. The van der Waals surface area contributed by atoms with Gasteiger partial charge in [-0.25, -0.2) is 0 Å². The second-order valence-electron chi connectivity index (χ2n) is 6.02. The zero-order valence-electron chi connectivity index (χ0n) is 11.5. The molecule has 0 spiro atoms. The average molecular weight is 239 g/mol. The third-order valence-corrected chi connectivity index (χ3v) is 4.46. The van der Waals surface area contributed by atoms with Gasteiger partial charge in [0.25, 0.3) is 0 Å². The van der Waals surface area contributed by atoms with Gasteiger partial charge in [0.15, 0.2) is 0 Å². The van der Waals surface area contributed by atoms with Gasteiger partial charge in [-0.15, -0.1) is 0 Å². The molecule has 0 aromatic carbocycles. The van der Waals surface area contributed by atoms with Crippen LogP contribution in [0, 0.1) is 5.41 Å². The lowest BCUT2D eigenvalue weighted by Crippen LogP contribution is -2.37. The minimum Gasteiger partial charge on any atom is -0.382 e. The van der Waals surface area contributed by atoms with Gasteiger partial charge in [0, 0.05) is 25.8 Å². The highest BCUT2D eigenvalue weighted by atomic mass is 16.5. The van der Waals surface area contributed by atoms with Gasteiger partial charge in [-0.1, -0.05) is 19.3 Å². The van der Waals surface area contributed by atoms with Gasteiger partial charge in [0.2, 0.25) is 0 Å². The van der Waals surface area contributed by atoms with Gasteiger partial charge in [-0.2, -0.15) is 0 Å². The van der Waals surface area contributed by atoms with Crippen LogP contribution in [0.15, 0.2) is 0 Å². The van der Waals surface area contributed by atoms with Crippen molar-refractivity contribution in [1.29, 1.82) is 0 Å². The maximum atomic E-state index is 5.49. The molecule has 0 radical (unpaired) electrons. The van der Waals surface area contributed by atoms with E-state index in [-0.39, 0.29) is 0 Å². The van der Waals surface area contributed by atoms with Crippen LogP contribution in [0.2, 0.25) is 0 Å². The van der Waals surface area contributed by atoms with E-state index in [2.05, 4.69) is 12.2 Å². The molecule has 2 aliphatic rings. The number of ether oxygens (including phenoxy) is 1. The molecule has 0 saturated heterocycles. The molecule has 0 atom stereocenters. The van der Waals surface area contributed by atoms with Crippen molar-refractivity contribution in [2.24, 2.45) is 5.41 Å². The zero-order valence-corrected chi connectivity index (χ0v) is 11.5. The molecular weight excluding hydrogens is 210 g/mol. The predicted molar refractivity (Wildman–Crippen MR) is 72.3 cm³/mol. The summed E-state index contributed by atoms with van der Waals surface area (Å²) in [5, 5.41) is 3.77. The topological polar surface area (TPSA) is 21.3 Å². The molecule has 0 unspecified atom stereocenters. The molecule has 0 aliphatic heterocycles. The molecule has 0 aromatic heterocycles. The molecular formula is C15H29NO. The Hall–Kier alpha value is -0.0800. The van der Waals surface area contributed by atoms with Crippen LogP contribution in [0.25, 0.3) is 0 Å². The summed E-state index contributed by atoms with van der Waals surface area (Å²) in [6.45, 7) is 5.18. The van der Waals surface area contributed by atoms with Crippen molar-refractivity contribution in [1.82, 2.24) is 5.32 Å². The summed E-state index contributed by atoms with van der Waals surface area (Å²) in [5.41, 5.74) is 0.609. The highest BCUT2D eigenvalue weighted by molar-refractivity contribution is 4.89. The molecule has 0 amide bonds. The van der Waals surface area contributed by atoms with Crippen LogP contribution in [0.4, 0.5) is 0 Å². The number of hydrogen-bond acceptors (Lipinski definition) is 2. The van der Waals surface area contributed by atoms with Gasteiger partial charge in [0.05, 0.1) is 0 Å². The smallest absolute Gasteiger partial charge is 0.0466 e. The van der Waals surface area contributed by atoms with Crippen molar-refractivity contribution in [2.45, 2.75) is 70.8 Å². The van der Waals surface area contributed by atoms with E-state index in [9.17, 15) is 0 Å². The van der Waals surface area contributed by atoms with E-state index >= 15 is 0 Å². The highest BCUT2D eigenvalue weighted by Crippen LogP contribution is 2.40. The molecule has 2 heteroatoms. The summed E-state index contributed by atoms with van der Waals surface area (Å²) in [4.78, 5) is 0.